The number of amides is 1. The van der Waals surface area contributed by atoms with E-state index in [1.807, 2.05) is 18.2 Å². The number of benzene rings is 1. The van der Waals surface area contributed by atoms with Gasteiger partial charge in [0.2, 0.25) is 5.91 Å². The average molecular weight is 429 g/mol. The number of para-hydroxylation sites is 1. The molecule has 3 heterocycles. The fraction of sp³-hybridized carbons (Fsp3) is 0.458. The van der Waals surface area contributed by atoms with Crippen LogP contribution >= 0.6 is 0 Å². The number of phenolic OH excluding ortho intramolecular Hbond substituents is 1. The van der Waals surface area contributed by atoms with Gasteiger partial charge in [-0.15, -0.1) is 0 Å². The van der Waals surface area contributed by atoms with Crippen LogP contribution in [0.3, 0.4) is 0 Å². The number of piperidine rings is 1. The summed E-state index contributed by atoms with van der Waals surface area (Å²) in [5.74, 6) is 1.52. The quantitative estimate of drug-likeness (QED) is 0.624. The number of hydrogen-bond acceptors (Lipinski definition) is 5. The van der Waals surface area contributed by atoms with Crippen LogP contribution in [0.4, 0.5) is 5.82 Å². The molecule has 2 aromatic heterocycles. The Bertz CT molecular complexity index is 1120. The van der Waals surface area contributed by atoms with Crippen molar-refractivity contribution in [2.45, 2.75) is 51.0 Å². The monoisotopic (exact) mass is 429 g/mol. The van der Waals surface area contributed by atoms with Crippen molar-refractivity contribution in [2.24, 2.45) is 5.92 Å². The van der Waals surface area contributed by atoms with Crippen molar-refractivity contribution in [3.63, 3.8) is 0 Å². The van der Waals surface area contributed by atoms with Gasteiger partial charge in [0.05, 0.1) is 5.69 Å². The summed E-state index contributed by atoms with van der Waals surface area (Å²) in [6.45, 7) is 1.55. The summed E-state index contributed by atoms with van der Waals surface area (Å²) in [5.41, 5.74) is 2.32. The Kier molecular flexibility index (Phi) is 5.76. The fourth-order valence-electron chi connectivity index (χ4n) is 4.97. The molecule has 7 nitrogen and oxygen atoms in total. The van der Waals surface area contributed by atoms with Crippen LogP contribution in [0.1, 0.15) is 44.9 Å². The number of fused-ring (bicyclic) bond motifs is 1. The first-order chi connectivity index (χ1) is 15.6. The Morgan fingerprint density at radius 1 is 1.09 bits per heavy atom. The molecular formula is C24H28BN5O2. The molecule has 2 radical (unpaired) electrons. The smallest absolute Gasteiger partial charge is 0.225 e. The minimum atomic E-state index is 0.169. The predicted molar refractivity (Wildman–Crippen MR) is 125 cm³/mol. The second kappa shape index (κ2) is 8.84. The summed E-state index contributed by atoms with van der Waals surface area (Å²) in [4.78, 5) is 19.6. The zero-order valence-electron chi connectivity index (χ0n) is 18.2. The molecule has 0 spiro atoms. The number of carbonyl (C=O) groups excluding carboxylic acids is 1. The molecule has 3 aromatic rings. The summed E-state index contributed by atoms with van der Waals surface area (Å²) in [5, 5.41) is 18.3. The van der Waals surface area contributed by atoms with E-state index in [0.717, 1.165) is 44.6 Å². The third kappa shape index (κ3) is 4.06. The summed E-state index contributed by atoms with van der Waals surface area (Å²) < 4.78 is 1.71. The van der Waals surface area contributed by atoms with Crippen LogP contribution in [0.2, 0.25) is 0 Å². The minimum Gasteiger partial charge on any atom is -0.507 e. The number of nitrogens with one attached hydrogen (secondary N) is 1. The van der Waals surface area contributed by atoms with E-state index in [9.17, 15) is 9.90 Å². The van der Waals surface area contributed by atoms with Gasteiger partial charge >= 0.3 is 0 Å². The van der Waals surface area contributed by atoms with Gasteiger partial charge in [0, 0.05) is 42.9 Å². The number of aromatic nitrogens is 3. The van der Waals surface area contributed by atoms with Crippen LogP contribution in [-0.4, -0.2) is 57.5 Å². The van der Waals surface area contributed by atoms with Crippen molar-refractivity contribution >= 4 is 30.7 Å². The van der Waals surface area contributed by atoms with Crippen LogP contribution < -0.4 is 10.8 Å². The molecule has 2 N–H and O–H groups in total. The Hall–Kier alpha value is -3.03. The van der Waals surface area contributed by atoms with Crippen molar-refractivity contribution in [3.05, 3.63) is 36.5 Å². The molecule has 0 atom stereocenters. The summed E-state index contributed by atoms with van der Waals surface area (Å²) in [6.07, 6.45) is 9.06. The molecule has 1 aliphatic carbocycles. The van der Waals surface area contributed by atoms with Crippen LogP contribution in [0.5, 0.6) is 5.75 Å². The number of anilines is 1. The molecule has 164 valence electrons. The second-order valence-electron chi connectivity index (χ2n) is 8.96. The van der Waals surface area contributed by atoms with E-state index in [-0.39, 0.29) is 17.7 Å². The Balaban J connectivity index is 1.33. The molecule has 1 aromatic carbocycles. The zero-order chi connectivity index (χ0) is 22.1. The number of aromatic hydroxyl groups is 1. The highest BCUT2D eigenvalue weighted by Gasteiger charge is 2.29. The topological polar surface area (TPSA) is 82.8 Å². The molecule has 5 rings (SSSR count). The lowest BCUT2D eigenvalue weighted by atomic mass is 9.87. The molecule has 1 saturated heterocycles. The van der Waals surface area contributed by atoms with E-state index in [2.05, 4.69) is 20.3 Å². The number of rotatable bonds is 4. The van der Waals surface area contributed by atoms with Crippen molar-refractivity contribution in [2.75, 3.05) is 18.4 Å². The van der Waals surface area contributed by atoms with Gasteiger partial charge in [0.1, 0.15) is 19.4 Å². The van der Waals surface area contributed by atoms with E-state index in [1.165, 1.54) is 19.3 Å². The van der Waals surface area contributed by atoms with E-state index >= 15 is 0 Å². The SMILES string of the molecule is [B]c1cnn2c(NC3CCN(C(=O)C4CCCCC4)CC3)cc(-c3ccccc3O)nc12. The van der Waals surface area contributed by atoms with Crippen molar-refractivity contribution < 1.29 is 9.90 Å². The van der Waals surface area contributed by atoms with Gasteiger partial charge in [0.25, 0.3) is 0 Å². The predicted octanol–water partition coefficient (Wildman–Crippen LogP) is 2.88. The van der Waals surface area contributed by atoms with Crippen LogP contribution in [0, 0.1) is 5.92 Å². The van der Waals surface area contributed by atoms with Crippen molar-refractivity contribution in [1.82, 2.24) is 19.5 Å². The molecule has 0 bridgehead atoms. The normalized spacial score (nSPS) is 18.2. The lowest BCUT2D eigenvalue weighted by Crippen LogP contribution is -2.45. The summed E-state index contributed by atoms with van der Waals surface area (Å²) in [7, 11) is 6.11. The van der Waals surface area contributed by atoms with Gasteiger partial charge in [0.15, 0.2) is 5.65 Å². The lowest BCUT2D eigenvalue weighted by Gasteiger charge is -2.35. The van der Waals surface area contributed by atoms with Crippen molar-refractivity contribution in [3.8, 4) is 17.0 Å². The third-order valence-corrected chi connectivity index (χ3v) is 6.79. The standard InChI is InChI=1S/C24H28BN5O2/c25-19-15-26-30-22(14-20(28-23(19)30)18-8-4-5-9-21(18)31)27-17-10-12-29(13-11-17)24(32)16-6-2-1-3-7-16/h4-5,8-9,14-17,27,31H,1-3,6-7,10-13H2. The minimum absolute atomic E-state index is 0.169. The van der Waals surface area contributed by atoms with E-state index in [4.69, 9.17) is 7.85 Å². The molecule has 0 unspecified atom stereocenters. The molecule has 1 saturated carbocycles. The largest absolute Gasteiger partial charge is 0.507 e. The van der Waals surface area contributed by atoms with E-state index < -0.39 is 0 Å². The number of nitrogens with zero attached hydrogens (tertiary/aromatic N) is 4. The van der Waals surface area contributed by atoms with Crippen molar-refractivity contribution in [1.29, 1.82) is 0 Å². The van der Waals surface area contributed by atoms with Gasteiger partial charge in [-0.3, -0.25) is 4.79 Å². The van der Waals surface area contributed by atoms with Gasteiger partial charge in [-0.25, -0.2) is 4.98 Å². The molecule has 1 amide bonds. The Labute approximate surface area is 189 Å². The third-order valence-electron chi connectivity index (χ3n) is 6.79. The number of phenols is 1. The highest BCUT2D eigenvalue weighted by Crippen LogP contribution is 2.30. The van der Waals surface area contributed by atoms with E-state index in [1.54, 1.807) is 22.8 Å². The fourth-order valence-corrected chi connectivity index (χ4v) is 4.97. The molecule has 2 aliphatic rings. The molecule has 32 heavy (non-hydrogen) atoms. The van der Waals surface area contributed by atoms with Gasteiger partial charge in [-0.05, 0) is 43.3 Å². The maximum Gasteiger partial charge on any atom is 0.225 e. The molecule has 2 fully saturated rings. The Morgan fingerprint density at radius 3 is 2.59 bits per heavy atom. The number of carbonyl (C=O) groups is 1. The first kappa shape index (κ1) is 20.9. The van der Waals surface area contributed by atoms with Gasteiger partial charge in [-0.2, -0.15) is 9.61 Å². The first-order valence-corrected chi connectivity index (χ1v) is 11.6. The maximum absolute atomic E-state index is 12.9. The highest BCUT2D eigenvalue weighted by atomic mass is 16.3. The highest BCUT2D eigenvalue weighted by molar-refractivity contribution is 6.36. The molecule has 1 aliphatic heterocycles. The first-order valence-electron chi connectivity index (χ1n) is 11.6. The molecular weight excluding hydrogens is 401 g/mol. The lowest BCUT2D eigenvalue weighted by molar-refractivity contribution is -0.137. The number of likely N-dealkylation sites (tertiary alicyclic amines) is 1. The molecule has 8 heteroatoms. The summed E-state index contributed by atoms with van der Waals surface area (Å²) in [6, 6.07) is 9.25. The van der Waals surface area contributed by atoms with Gasteiger partial charge < -0.3 is 15.3 Å². The summed E-state index contributed by atoms with van der Waals surface area (Å²) >= 11 is 0. The Morgan fingerprint density at radius 2 is 1.84 bits per heavy atom. The second-order valence-corrected chi connectivity index (χ2v) is 8.96. The number of hydrogen-bond donors (Lipinski definition) is 2. The van der Waals surface area contributed by atoms with Gasteiger partial charge in [-0.1, -0.05) is 31.4 Å². The zero-order valence-corrected chi connectivity index (χ0v) is 18.2. The van der Waals surface area contributed by atoms with E-state index in [0.29, 0.717) is 28.3 Å². The average Bonchev–Trinajstić information content (AvgIpc) is 3.21. The van der Waals surface area contributed by atoms with Crippen LogP contribution in [-0.2, 0) is 4.79 Å². The van der Waals surface area contributed by atoms with Crippen LogP contribution in [0.25, 0.3) is 16.9 Å². The maximum atomic E-state index is 12.9. The van der Waals surface area contributed by atoms with Crippen LogP contribution in [0.15, 0.2) is 36.5 Å².